The quantitative estimate of drug-likeness (QED) is 0.633. The van der Waals surface area contributed by atoms with Crippen molar-refractivity contribution in [3.05, 3.63) is 17.0 Å². The van der Waals surface area contributed by atoms with Crippen LogP contribution in [0.5, 0.6) is 0 Å². The van der Waals surface area contributed by atoms with Gasteiger partial charge in [-0.3, -0.25) is 4.79 Å². The second kappa shape index (κ2) is 5.08. The fraction of sp³-hybridized carbons (Fsp3) is 0.688. The largest absolute Gasteiger partial charge is 0.469 e. The molecule has 2 aliphatic carbocycles. The van der Waals surface area contributed by atoms with Gasteiger partial charge in [0.25, 0.3) is 0 Å². The van der Waals surface area contributed by atoms with Gasteiger partial charge in [0.1, 0.15) is 16.8 Å². The van der Waals surface area contributed by atoms with Gasteiger partial charge in [-0.05, 0) is 31.6 Å². The number of aromatic nitrogens is 2. The number of ether oxygens (including phenoxy) is 1. The van der Waals surface area contributed by atoms with E-state index in [9.17, 15) is 4.79 Å². The number of nitrogens with zero attached hydrogens (tertiary/aromatic N) is 3. The summed E-state index contributed by atoms with van der Waals surface area (Å²) in [6, 6.07) is 1.82. The minimum atomic E-state index is -0.355. The number of esters is 1. The van der Waals surface area contributed by atoms with Crippen molar-refractivity contribution in [3.8, 4) is 0 Å². The predicted octanol–water partition coefficient (Wildman–Crippen LogP) is 2.79. The normalized spacial score (nSPS) is 30.5. The van der Waals surface area contributed by atoms with Crippen LogP contribution in [0.2, 0.25) is 5.15 Å². The van der Waals surface area contributed by atoms with Crippen molar-refractivity contribution < 1.29 is 9.53 Å². The van der Waals surface area contributed by atoms with Gasteiger partial charge in [-0.15, -0.1) is 0 Å². The van der Waals surface area contributed by atoms with Gasteiger partial charge in [0.2, 0.25) is 0 Å². The summed E-state index contributed by atoms with van der Waals surface area (Å²) in [5.74, 6) is 2.47. The maximum Gasteiger partial charge on any atom is 0.313 e. The zero-order chi connectivity index (χ0) is 15.3. The summed E-state index contributed by atoms with van der Waals surface area (Å²) < 4.78 is 5.09. The third-order valence-electron chi connectivity index (χ3n) is 5.43. The van der Waals surface area contributed by atoms with Crippen molar-refractivity contribution in [1.29, 1.82) is 0 Å². The zero-order valence-electron chi connectivity index (χ0n) is 12.7. The van der Waals surface area contributed by atoms with E-state index in [0.717, 1.165) is 50.3 Å². The summed E-state index contributed by atoms with van der Waals surface area (Å²) in [6.07, 6.45) is 5.39. The van der Waals surface area contributed by atoms with Gasteiger partial charge in [0, 0.05) is 25.1 Å². The summed E-state index contributed by atoms with van der Waals surface area (Å²) in [5.41, 5.74) is -0.355. The van der Waals surface area contributed by atoms with Crippen LogP contribution in [0.25, 0.3) is 0 Å². The summed E-state index contributed by atoms with van der Waals surface area (Å²) in [5, 5.41) is 0.496. The molecule has 2 unspecified atom stereocenters. The van der Waals surface area contributed by atoms with Crippen molar-refractivity contribution in [1.82, 2.24) is 9.97 Å². The zero-order valence-corrected chi connectivity index (χ0v) is 13.5. The van der Waals surface area contributed by atoms with Crippen molar-refractivity contribution in [3.63, 3.8) is 0 Å². The number of carbonyl (C=O) groups excluding carboxylic acids is 1. The van der Waals surface area contributed by atoms with Gasteiger partial charge in [0.15, 0.2) is 0 Å². The van der Waals surface area contributed by atoms with Crippen molar-refractivity contribution in [2.75, 3.05) is 25.1 Å². The Kier molecular flexibility index (Phi) is 3.29. The molecule has 1 saturated heterocycles. The summed E-state index contributed by atoms with van der Waals surface area (Å²) in [7, 11) is 1.49. The van der Waals surface area contributed by atoms with Crippen LogP contribution in [0.1, 0.15) is 43.8 Å². The Bertz CT molecular complexity index is 619. The van der Waals surface area contributed by atoms with E-state index in [1.165, 1.54) is 7.11 Å². The third kappa shape index (κ3) is 2.18. The first-order valence-electron chi connectivity index (χ1n) is 8.00. The molecule has 6 heteroatoms. The summed E-state index contributed by atoms with van der Waals surface area (Å²) >= 11 is 6.18. The Morgan fingerprint density at radius 2 is 2.23 bits per heavy atom. The minimum Gasteiger partial charge on any atom is -0.469 e. The van der Waals surface area contributed by atoms with Gasteiger partial charge in [-0.2, -0.15) is 0 Å². The average Bonchev–Trinajstić information content (AvgIpc) is 3.17. The molecule has 118 valence electrons. The van der Waals surface area contributed by atoms with Crippen molar-refractivity contribution in [2.24, 2.45) is 11.3 Å². The van der Waals surface area contributed by atoms with Crippen molar-refractivity contribution in [2.45, 2.75) is 38.0 Å². The lowest BCUT2D eigenvalue weighted by atomic mass is 9.81. The van der Waals surface area contributed by atoms with E-state index in [1.807, 2.05) is 6.07 Å². The summed E-state index contributed by atoms with van der Waals surface area (Å²) in [4.78, 5) is 23.6. The van der Waals surface area contributed by atoms with E-state index in [1.54, 1.807) is 0 Å². The number of fused-ring (bicyclic) bond motifs is 1. The highest BCUT2D eigenvalue weighted by atomic mass is 35.5. The summed E-state index contributed by atoms with van der Waals surface area (Å²) in [6.45, 7) is 1.54. The number of halogens is 1. The Morgan fingerprint density at radius 1 is 1.41 bits per heavy atom. The molecule has 1 aromatic heterocycles. The molecule has 5 nitrogen and oxygen atoms in total. The molecule has 4 rings (SSSR count). The first-order chi connectivity index (χ1) is 10.6. The Balaban J connectivity index is 1.63. The topological polar surface area (TPSA) is 55.3 Å². The van der Waals surface area contributed by atoms with E-state index in [0.29, 0.717) is 23.5 Å². The van der Waals surface area contributed by atoms with E-state index in [2.05, 4.69) is 9.88 Å². The Hall–Kier alpha value is -1.36. The SMILES string of the molecule is COC(=O)C12CCCC1CN(c1cc(Cl)nc(C3CC3)n1)C2. The molecular formula is C16H20ClN3O2. The molecule has 2 heterocycles. The molecule has 0 radical (unpaired) electrons. The number of carbonyl (C=O) groups is 1. The fourth-order valence-corrected chi connectivity index (χ4v) is 4.29. The Morgan fingerprint density at radius 3 is 2.95 bits per heavy atom. The van der Waals surface area contributed by atoms with Crippen LogP contribution in [-0.2, 0) is 9.53 Å². The molecule has 0 amide bonds. The molecule has 1 aromatic rings. The molecule has 0 aromatic carbocycles. The highest BCUT2D eigenvalue weighted by Crippen LogP contribution is 2.50. The van der Waals surface area contributed by atoms with Crippen LogP contribution in [-0.4, -0.2) is 36.1 Å². The number of hydrogen-bond donors (Lipinski definition) is 0. The lowest BCUT2D eigenvalue weighted by molar-refractivity contribution is -0.152. The van der Waals surface area contributed by atoms with Crippen LogP contribution in [0, 0.1) is 11.3 Å². The van der Waals surface area contributed by atoms with E-state index in [-0.39, 0.29) is 11.4 Å². The van der Waals surface area contributed by atoms with Crippen LogP contribution >= 0.6 is 11.6 Å². The number of methoxy groups -OCH3 is 1. The van der Waals surface area contributed by atoms with Crippen LogP contribution in [0.15, 0.2) is 6.07 Å². The maximum absolute atomic E-state index is 12.3. The van der Waals surface area contributed by atoms with E-state index < -0.39 is 0 Å². The fourth-order valence-electron chi connectivity index (χ4n) is 4.11. The monoisotopic (exact) mass is 321 g/mol. The van der Waals surface area contributed by atoms with Gasteiger partial charge in [-0.1, -0.05) is 18.0 Å². The van der Waals surface area contributed by atoms with Crippen molar-refractivity contribution >= 4 is 23.4 Å². The third-order valence-corrected chi connectivity index (χ3v) is 5.62. The number of anilines is 1. The van der Waals surface area contributed by atoms with Gasteiger partial charge >= 0.3 is 5.97 Å². The average molecular weight is 322 g/mol. The van der Waals surface area contributed by atoms with Crippen LogP contribution in [0.3, 0.4) is 0 Å². The highest BCUT2D eigenvalue weighted by Gasteiger charge is 2.55. The molecule has 3 fully saturated rings. The molecule has 3 aliphatic rings. The Labute approximate surface area is 135 Å². The van der Waals surface area contributed by atoms with Gasteiger partial charge < -0.3 is 9.64 Å². The van der Waals surface area contributed by atoms with Crippen LogP contribution in [0.4, 0.5) is 5.82 Å². The molecule has 0 bridgehead atoms. The van der Waals surface area contributed by atoms with Gasteiger partial charge in [0.05, 0.1) is 12.5 Å². The maximum atomic E-state index is 12.3. The molecular weight excluding hydrogens is 302 g/mol. The lowest BCUT2D eigenvalue weighted by Crippen LogP contribution is -2.37. The molecule has 0 spiro atoms. The predicted molar refractivity (Wildman–Crippen MR) is 83.0 cm³/mol. The first kappa shape index (κ1) is 14.2. The van der Waals surface area contributed by atoms with Crippen LogP contribution < -0.4 is 4.90 Å². The van der Waals surface area contributed by atoms with E-state index in [4.69, 9.17) is 21.3 Å². The van der Waals surface area contributed by atoms with Gasteiger partial charge in [-0.25, -0.2) is 9.97 Å². The lowest BCUT2D eigenvalue weighted by Gasteiger charge is -2.25. The molecule has 0 N–H and O–H groups in total. The standard InChI is InChI=1S/C16H20ClN3O2/c1-22-15(21)16-6-2-3-11(16)8-20(9-16)13-7-12(17)18-14(19-13)10-4-5-10/h7,10-11H,2-6,8-9H2,1H3. The minimum absolute atomic E-state index is 0.0694. The smallest absolute Gasteiger partial charge is 0.313 e. The molecule has 2 atom stereocenters. The molecule has 1 aliphatic heterocycles. The highest BCUT2D eigenvalue weighted by molar-refractivity contribution is 6.29. The first-order valence-corrected chi connectivity index (χ1v) is 8.38. The second-order valence-corrected chi connectivity index (χ2v) is 7.19. The number of rotatable bonds is 3. The molecule has 2 saturated carbocycles. The van der Waals surface area contributed by atoms with E-state index >= 15 is 0 Å². The molecule has 22 heavy (non-hydrogen) atoms. The number of hydrogen-bond acceptors (Lipinski definition) is 5. The second-order valence-electron chi connectivity index (χ2n) is 6.80.